The van der Waals surface area contributed by atoms with Gasteiger partial charge < -0.3 is 9.47 Å². The third kappa shape index (κ3) is 7.11. The highest BCUT2D eigenvalue weighted by Gasteiger charge is 2.22. The molecule has 1 fully saturated rings. The highest BCUT2D eigenvalue weighted by Crippen LogP contribution is 2.29. The second-order valence-electron chi connectivity index (χ2n) is 5.43. The second-order valence-corrected chi connectivity index (χ2v) is 5.43. The number of carbonyl (C=O) groups is 2. The van der Waals surface area contributed by atoms with Crippen LogP contribution >= 0.6 is 0 Å². The van der Waals surface area contributed by atoms with Gasteiger partial charge in [0.2, 0.25) is 0 Å². The molecule has 0 aromatic carbocycles. The number of hydrogen-bond acceptors (Lipinski definition) is 4. The van der Waals surface area contributed by atoms with Crippen LogP contribution in [0.25, 0.3) is 0 Å². The van der Waals surface area contributed by atoms with E-state index in [-0.39, 0.29) is 5.97 Å². The summed E-state index contributed by atoms with van der Waals surface area (Å²) in [6.45, 7) is 8.00. The molecule has 118 valence electrons. The van der Waals surface area contributed by atoms with Crippen molar-refractivity contribution in [2.24, 2.45) is 5.92 Å². The lowest BCUT2D eigenvalue weighted by Crippen LogP contribution is -2.18. The van der Waals surface area contributed by atoms with Gasteiger partial charge in [0.05, 0.1) is 13.2 Å². The van der Waals surface area contributed by atoms with Crippen LogP contribution in [0.4, 0.5) is 0 Å². The van der Waals surface area contributed by atoms with Crippen LogP contribution in [-0.4, -0.2) is 25.2 Å². The van der Waals surface area contributed by atoms with E-state index in [1.54, 1.807) is 0 Å². The Morgan fingerprint density at radius 2 is 1.62 bits per heavy atom. The van der Waals surface area contributed by atoms with Crippen molar-refractivity contribution in [3.63, 3.8) is 0 Å². The zero-order chi connectivity index (χ0) is 15.5. The second kappa shape index (κ2) is 10.2. The Labute approximate surface area is 127 Å². The van der Waals surface area contributed by atoms with Crippen LogP contribution in [0.1, 0.15) is 51.4 Å². The molecule has 1 aliphatic rings. The van der Waals surface area contributed by atoms with E-state index in [1.165, 1.54) is 19.3 Å². The van der Waals surface area contributed by atoms with Gasteiger partial charge in [-0.25, -0.2) is 9.59 Å². The van der Waals surface area contributed by atoms with Gasteiger partial charge in [-0.15, -0.1) is 0 Å². The summed E-state index contributed by atoms with van der Waals surface area (Å²) < 4.78 is 10.1. The summed E-state index contributed by atoms with van der Waals surface area (Å²) in [6, 6.07) is 0. The molecule has 0 aromatic rings. The average molecular weight is 294 g/mol. The third-order valence-electron chi connectivity index (χ3n) is 3.79. The number of rotatable bonds is 9. The van der Waals surface area contributed by atoms with Crippen LogP contribution in [-0.2, 0) is 19.1 Å². The molecule has 0 amide bonds. The lowest BCUT2D eigenvalue weighted by molar-refractivity contribution is -0.139. The van der Waals surface area contributed by atoms with E-state index in [4.69, 9.17) is 9.47 Å². The highest BCUT2D eigenvalue weighted by molar-refractivity contribution is 5.88. The molecule has 0 atom stereocenters. The molecule has 1 saturated carbocycles. The van der Waals surface area contributed by atoms with E-state index in [1.807, 2.05) is 0 Å². The summed E-state index contributed by atoms with van der Waals surface area (Å²) in [6.07, 6.45) is 9.28. The molecule has 0 N–H and O–H groups in total. The number of unbranched alkanes of at least 4 members (excludes halogenated alkanes) is 2. The quantitative estimate of drug-likeness (QED) is 0.370. The van der Waals surface area contributed by atoms with Crippen molar-refractivity contribution >= 4 is 11.9 Å². The van der Waals surface area contributed by atoms with Gasteiger partial charge in [0, 0.05) is 11.6 Å². The van der Waals surface area contributed by atoms with Gasteiger partial charge in [-0.1, -0.05) is 32.4 Å². The van der Waals surface area contributed by atoms with Crippen LogP contribution in [0.3, 0.4) is 0 Å². The molecule has 0 heterocycles. The van der Waals surface area contributed by atoms with Crippen LogP contribution in [0, 0.1) is 5.92 Å². The van der Waals surface area contributed by atoms with Gasteiger partial charge in [0.25, 0.3) is 0 Å². The van der Waals surface area contributed by atoms with Crippen LogP contribution in [0.2, 0.25) is 0 Å². The van der Waals surface area contributed by atoms with E-state index >= 15 is 0 Å². The molecule has 1 rings (SSSR count). The van der Waals surface area contributed by atoms with E-state index in [0.29, 0.717) is 24.7 Å². The molecule has 0 saturated heterocycles. The fourth-order valence-corrected chi connectivity index (χ4v) is 2.49. The Bertz CT molecular complexity index is 367. The largest absolute Gasteiger partial charge is 0.463 e. The lowest BCUT2D eigenvalue weighted by Gasteiger charge is -2.22. The first-order valence-electron chi connectivity index (χ1n) is 7.80. The summed E-state index contributed by atoms with van der Waals surface area (Å²) in [5.74, 6) is -0.338. The van der Waals surface area contributed by atoms with Crippen LogP contribution in [0.15, 0.2) is 24.8 Å². The van der Waals surface area contributed by atoms with Crippen molar-refractivity contribution < 1.29 is 19.1 Å². The van der Waals surface area contributed by atoms with E-state index in [9.17, 15) is 9.59 Å². The van der Waals surface area contributed by atoms with Crippen molar-refractivity contribution in [1.29, 1.82) is 0 Å². The van der Waals surface area contributed by atoms with E-state index < -0.39 is 5.97 Å². The minimum atomic E-state index is -0.398. The van der Waals surface area contributed by atoms with Crippen LogP contribution < -0.4 is 0 Å². The molecule has 4 heteroatoms. The van der Waals surface area contributed by atoms with E-state index in [2.05, 4.69) is 13.2 Å². The lowest BCUT2D eigenvalue weighted by atomic mass is 9.84. The maximum atomic E-state index is 11.9. The van der Waals surface area contributed by atoms with Gasteiger partial charge in [-0.05, 0) is 38.0 Å². The molecule has 0 aromatic heterocycles. The summed E-state index contributed by atoms with van der Waals surface area (Å²) in [4.78, 5) is 22.7. The molecule has 0 spiro atoms. The summed E-state index contributed by atoms with van der Waals surface area (Å²) >= 11 is 0. The predicted molar refractivity (Wildman–Crippen MR) is 81.7 cm³/mol. The fraction of sp³-hybridized carbons (Fsp3) is 0.647. The zero-order valence-electron chi connectivity index (χ0n) is 12.8. The highest BCUT2D eigenvalue weighted by atomic mass is 16.5. The standard InChI is InChI=1S/C17H26O4/c1-3-16(18)20-12-8-5-9-13-21-17(19)14(2)15-10-6-4-7-11-15/h3,15H,1-2,4-13H2. The van der Waals surface area contributed by atoms with Gasteiger partial charge in [0.1, 0.15) is 0 Å². The van der Waals surface area contributed by atoms with Gasteiger partial charge in [-0.3, -0.25) is 0 Å². The molecule has 0 unspecified atom stereocenters. The zero-order valence-corrected chi connectivity index (χ0v) is 12.8. The Morgan fingerprint density at radius 3 is 2.24 bits per heavy atom. The minimum absolute atomic E-state index is 0.250. The first-order valence-corrected chi connectivity index (χ1v) is 7.80. The SMILES string of the molecule is C=CC(=O)OCCCCCOC(=O)C(=C)C1CCCCC1. The molecule has 1 aliphatic carbocycles. The topological polar surface area (TPSA) is 52.6 Å². The van der Waals surface area contributed by atoms with E-state index in [0.717, 1.165) is 38.2 Å². The molecule has 0 aliphatic heterocycles. The number of ether oxygens (including phenoxy) is 2. The predicted octanol–water partition coefficient (Wildman–Crippen LogP) is 3.57. The molecule has 4 nitrogen and oxygen atoms in total. The van der Waals surface area contributed by atoms with Crippen LogP contribution in [0.5, 0.6) is 0 Å². The van der Waals surface area contributed by atoms with Gasteiger partial charge in [-0.2, -0.15) is 0 Å². The molecule has 0 bridgehead atoms. The number of esters is 2. The van der Waals surface area contributed by atoms with Crippen molar-refractivity contribution in [3.05, 3.63) is 24.8 Å². The monoisotopic (exact) mass is 294 g/mol. The summed E-state index contributed by atoms with van der Waals surface area (Å²) in [5, 5.41) is 0. The fourth-order valence-electron chi connectivity index (χ4n) is 2.49. The maximum absolute atomic E-state index is 11.9. The Balaban J connectivity index is 2.03. The van der Waals surface area contributed by atoms with Gasteiger partial charge in [0.15, 0.2) is 0 Å². The minimum Gasteiger partial charge on any atom is -0.463 e. The van der Waals surface area contributed by atoms with Crippen molar-refractivity contribution in [2.45, 2.75) is 51.4 Å². The average Bonchev–Trinajstić information content (AvgIpc) is 2.53. The van der Waals surface area contributed by atoms with Gasteiger partial charge >= 0.3 is 11.9 Å². The Hall–Kier alpha value is -1.58. The number of carbonyl (C=O) groups excluding carboxylic acids is 2. The first-order chi connectivity index (χ1) is 10.1. The summed E-state index contributed by atoms with van der Waals surface area (Å²) in [5.41, 5.74) is 0.634. The third-order valence-corrected chi connectivity index (χ3v) is 3.79. The smallest absolute Gasteiger partial charge is 0.333 e. The Morgan fingerprint density at radius 1 is 1.00 bits per heavy atom. The molecular formula is C17H26O4. The van der Waals surface area contributed by atoms with Crippen molar-refractivity contribution in [2.75, 3.05) is 13.2 Å². The maximum Gasteiger partial charge on any atom is 0.333 e. The molecule has 21 heavy (non-hydrogen) atoms. The molecular weight excluding hydrogens is 268 g/mol. The van der Waals surface area contributed by atoms with Crippen molar-refractivity contribution in [3.8, 4) is 0 Å². The Kier molecular flexibility index (Phi) is 8.48. The number of hydrogen-bond donors (Lipinski definition) is 0. The first kappa shape index (κ1) is 17.5. The summed E-state index contributed by atoms with van der Waals surface area (Å²) in [7, 11) is 0. The van der Waals surface area contributed by atoms with Crippen molar-refractivity contribution in [1.82, 2.24) is 0 Å². The molecule has 0 radical (unpaired) electrons. The normalized spacial score (nSPS) is 15.2.